The Morgan fingerprint density at radius 2 is 2.31 bits per heavy atom. The number of hydrogen-bond acceptors (Lipinski definition) is 3. The second-order valence-electron chi connectivity index (χ2n) is 3.91. The molecule has 1 fully saturated rings. The highest BCUT2D eigenvalue weighted by atomic mass is 16.3. The first kappa shape index (κ1) is 11.0. The van der Waals surface area contributed by atoms with Crippen LogP contribution in [0.3, 0.4) is 0 Å². The minimum atomic E-state index is -0.0712. The molecular weight excluding hydrogens is 164 g/mol. The quantitative estimate of drug-likeness (QED) is 0.612. The van der Waals surface area contributed by atoms with Gasteiger partial charge in [-0.15, -0.1) is 0 Å². The molecule has 2 N–H and O–H groups in total. The number of rotatable bonds is 5. The monoisotopic (exact) mass is 186 g/mol. The van der Waals surface area contributed by atoms with Gasteiger partial charge in [0, 0.05) is 6.54 Å². The SMILES string of the molecule is CNCCCCN1CCC[C@H](O)C1. The summed E-state index contributed by atoms with van der Waals surface area (Å²) in [6.45, 7) is 4.32. The van der Waals surface area contributed by atoms with E-state index in [1.54, 1.807) is 0 Å². The number of aliphatic hydroxyl groups excluding tert-OH is 1. The van der Waals surface area contributed by atoms with Gasteiger partial charge in [0.2, 0.25) is 0 Å². The first-order valence-corrected chi connectivity index (χ1v) is 5.38. The van der Waals surface area contributed by atoms with E-state index in [2.05, 4.69) is 10.2 Å². The molecule has 1 heterocycles. The van der Waals surface area contributed by atoms with Crippen molar-refractivity contribution in [1.29, 1.82) is 0 Å². The van der Waals surface area contributed by atoms with Crippen molar-refractivity contribution in [3.8, 4) is 0 Å². The van der Waals surface area contributed by atoms with Gasteiger partial charge >= 0.3 is 0 Å². The fourth-order valence-corrected chi connectivity index (χ4v) is 1.87. The molecule has 1 saturated heterocycles. The Morgan fingerprint density at radius 1 is 1.46 bits per heavy atom. The van der Waals surface area contributed by atoms with Crippen molar-refractivity contribution in [3.05, 3.63) is 0 Å². The van der Waals surface area contributed by atoms with Gasteiger partial charge in [-0.2, -0.15) is 0 Å². The van der Waals surface area contributed by atoms with Crippen LogP contribution < -0.4 is 5.32 Å². The van der Waals surface area contributed by atoms with E-state index in [4.69, 9.17) is 0 Å². The molecule has 0 aromatic rings. The number of nitrogens with zero attached hydrogens (tertiary/aromatic N) is 1. The van der Waals surface area contributed by atoms with Gasteiger partial charge in [0.25, 0.3) is 0 Å². The van der Waals surface area contributed by atoms with Crippen molar-refractivity contribution in [2.45, 2.75) is 31.8 Å². The van der Waals surface area contributed by atoms with Gasteiger partial charge in [-0.05, 0) is 52.4 Å². The van der Waals surface area contributed by atoms with Crippen LogP contribution in [0.15, 0.2) is 0 Å². The van der Waals surface area contributed by atoms with Crippen molar-refractivity contribution in [1.82, 2.24) is 10.2 Å². The van der Waals surface area contributed by atoms with Crippen LogP contribution in [-0.4, -0.2) is 49.3 Å². The summed E-state index contributed by atoms with van der Waals surface area (Å²) in [5.74, 6) is 0. The summed E-state index contributed by atoms with van der Waals surface area (Å²) in [7, 11) is 1.99. The van der Waals surface area contributed by atoms with E-state index in [9.17, 15) is 5.11 Å². The fraction of sp³-hybridized carbons (Fsp3) is 1.00. The zero-order valence-electron chi connectivity index (χ0n) is 8.63. The summed E-state index contributed by atoms with van der Waals surface area (Å²) in [5.41, 5.74) is 0. The molecule has 0 aromatic carbocycles. The standard InChI is InChI=1S/C10H22N2O/c1-11-6-2-3-7-12-8-4-5-10(13)9-12/h10-11,13H,2-9H2,1H3/t10-/m0/s1. The van der Waals surface area contributed by atoms with Gasteiger partial charge < -0.3 is 15.3 Å². The topological polar surface area (TPSA) is 35.5 Å². The van der Waals surface area contributed by atoms with Crippen LogP contribution in [0.2, 0.25) is 0 Å². The van der Waals surface area contributed by atoms with E-state index >= 15 is 0 Å². The maximum Gasteiger partial charge on any atom is 0.0667 e. The maximum absolute atomic E-state index is 9.43. The third-order valence-electron chi connectivity index (χ3n) is 2.63. The molecule has 0 aromatic heterocycles. The molecule has 3 heteroatoms. The van der Waals surface area contributed by atoms with E-state index in [0.29, 0.717) is 0 Å². The third kappa shape index (κ3) is 4.60. The van der Waals surface area contributed by atoms with Crippen LogP contribution >= 0.6 is 0 Å². The van der Waals surface area contributed by atoms with Gasteiger partial charge in [0.1, 0.15) is 0 Å². The Morgan fingerprint density at radius 3 is 3.00 bits per heavy atom. The van der Waals surface area contributed by atoms with Gasteiger partial charge in [0.05, 0.1) is 6.10 Å². The van der Waals surface area contributed by atoms with E-state index < -0.39 is 0 Å². The molecule has 0 aliphatic carbocycles. The molecule has 0 radical (unpaired) electrons. The lowest BCUT2D eigenvalue weighted by Gasteiger charge is -2.29. The lowest BCUT2D eigenvalue weighted by molar-refractivity contribution is 0.0699. The average molecular weight is 186 g/mol. The van der Waals surface area contributed by atoms with Gasteiger partial charge in [-0.25, -0.2) is 0 Å². The van der Waals surface area contributed by atoms with Crippen molar-refractivity contribution in [2.75, 3.05) is 33.2 Å². The average Bonchev–Trinajstić information content (AvgIpc) is 2.13. The normalized spacial score (nSPS) is 24.9. The molecule has 3 nitrogen and oxygen atoms in total. The summed E-state index contributed by atoms with van der Waals surface area (Å²) < 4.78 is 0. The van der Waals surface area contributed by atoms with Crippen molar-refractivity contribution >= 4 is 0 Å². The molecular formula is C10H22N2O. The van der Waals surface area contributed by atoms with Crippen LogP contribution in [0.5, 0.6) is 0 Å². The Bertz CT molecular complexity index is 130. The zero-order valence-corrected chi connectivity index (χ0v) is 8.63. The minimum absolute atomic E-state index is 0.0712. The molecule has 1 rings (SSSR count). The van der Waals surface area contributed by atoms with Crippen molar-refractivity contribution in [3.63, 3.8) is 0 Å². The van der Waals surface area contributed by atoms with Crippen LogP contribution in [0, 0.1) is 0 Å². The highest BCUT2D eigenvalue weighted by Crippen LogP contribution is 2.10. The Labute approximate surface area is 81.1 Å². The molecule has 1 atom stereocenters. The van der Waals surface area contributed by atoms with Crippen LogP contribution in [-0.2, 0) is 0 Å². The lowest BCUT2D eigenvalue weighted by atomic mass is 10.1. The van der Waals surface area contributed by atoms with Crippen LogP contribution in [0.1, 0.15) is 25.7 Å². The highest BCUT2D eigenvalue weighted by Gasteiger charge is 2.16. The fourth-order valence-electron chi connectivity index (χ4n) is 1.87. The first-order valence-electron chi connectivity index (χ1n) is 5.38. The van der Waals surface area contributed by atoms with Crippen molar-refractivity contribution < 1.29 is 5.11 Å². The predicted molar refractivity (Wildman–Crippen MR) is 54.8 cm³/mol. The smallest absolute Gasteiger partial charge is 0.0667 e. The van der Waals surface area contributed by atoms with E-state index in [-0.39, 0.29) is 6.10 Å². The summed E-state index contributed by atoms with van der Waals surface area (Å²) in [4.78, 5) is 2.38. The van der Waals surface area contributed by atoms with Crippen LogP contribution in [0.4, 0.5) is 0 Å². The minimum Gasteiger partial charge on any atom is -0.392 e. The number of piperidine rings is 1. The molecule has 0 saturated carbocycles. The molecule has 0 bridgehead atoms. The highest BCUT2D eigenvalue weighted by molar-refractivity contribution is 4.71. The second-order valence-corrected chi connectivity index (χ2v) is 3.91. The summed E-state index contributed by atoms with van der Waals surface area (Å²) in [6.07, 6.45) is 4.56. The van der Waals surface area contributed by atoms with Gasteiger partial charge in [-0.3, -0.25) is 0 Å². The Hall–Kier alpha value is -0.120. The van der Waals surface area contributed by atoms with Gasteiger partial charge in [0.15, 0.2) is 0 Å². The molecule has 0 spiro atoms. The molecule has 1 aliphatic heterocycles. The molecule has 78 valence electrons. The number of aliphatic hydroxyl groups is 1. The Balaban J connectivity index is 2.00. The largest absolute Gasteiger partial charge is 0.392 e. The first-order chi connectivity index (χ1) is 6.33. The number of β-amino-alcohol motifs (C(OH)–C–C–N with tert-alkyl or cyclic N) is 1. The molecule has 0 amide bonds. The molecule has 13 heavy (non-hydrogen) atoms. The van der Waals surface area contributed by atoms with Crippen molar-refractivity contribution in [2.24, 2.45) is 0 Å². The summed E-state index contributed by atoms with van der Waals surface area (Å²) in [5, 5.41) is 12.6. The van der Waals surface area contributed by atoms with E-state index in [0.717, 1.165) is 32.5 Å². The van der Waals surface area contributed by atoms with Gasteiger partial charge in [-0.1, -0.05) is 0 Å². The lowest BCUT2D eigenvalue weighted by Crippen LogP contribution is -2.38. The van der Waals surface area contributed by atoms with E-state index in [1.165, 1.54) is 19.4 Å². The second kappa shape index (κ2) is 6.35. The van der Waals surface area contributed by atoms with E-state index in [1.807, 2.05) is 7.05 Å². The number of nitrogens with one attached hydrogen (secondary N) is 1. The van der Waals surface area contributed by atoms with Crippen LogP contribution in [0.25, 0.3) is 0 Å². The number of likely N-dealkylation sites (tertiary alicyclic amines) is 1. The maximum atomic E-state index is 9.43. The zero-order chi connectivity index (χ0) is 9.52. The predicted octanol–water partition coefficient (Wildman–Crippen LogP) is 0.443. The summed E-state index contributed by atoms with van der Waals surface area (Å²) in [6, 6.07) is 0. The third-order valence-corrected chi connectivity index (χ3v) is 2.63. The number of unbranched alkanes of at least 4 members (excludes halogenated alkanes) is 1. The number of hydrogen-bond donors (Lipinski definition) is 2. The molecule has 0 unspecified atom stereocenters. The Kier molecular flexibility index (Phi) is 5.35. The summed E-state index contributed by atoms with van der Waals surface area (Å²) >= 11 is 0. The molecule has 1 aliphatic rings.